The third-order valence-electron chi connectivity index (χ3n) is 2.72. The molecule has 0 fully saturated rings. The minimum Gasteiger partial charge on any atom is -0.329 e. The van der Waals surface area contributed by atoms with Crippen molar-refractivity contribution in [1.82, 2.24) is 15.0 Å². The van der Waals surface area contributed by atoms with E-state index in [0.717, 1.165) is 5.56 Å². The van der Waals surface area contributed by atoms with Crippen LogP contribution in [0.25, 0.3) is 0 Å². The zero-order valence-electron chi connectivity index (χ0n) is 9.58. The molecule has 0 aliphatic heterocycles. The van der Waals surface area contributed by atoms with Crippen molar-refractivity contribution in [3.8, 4) is 0 Å². The molecule has 88 valence electrons. The zero-order chi connectivity index (χ0) is 12.3. The number of hydrogen-bond donors (Lipinski definition) is 1. The van der Waals surface area contributed by atoms with Crippen LogP contribution in [-0.4, -0.2) is 27.3 Å². The summed E-state index contributed by atoms with van der Waals surface area (Å²) in [7, 11) is 1.69. The van der Waals surface area contributed by atoms with E-state index in [-0.39, 0.29) is 18.2 Å². The molecule has 0 aliphatic rings. The van der Waals surface area contributed by atoms with E-state index in [1.54, 1.807) is 7.05 Å². The molecular formula is C12H14N4O. The van der Waals surface area contributed by atoms with Gasteiger partial charge in [-0.25, -0.2) is 4.68 Å². The Balaban J connectivity index is 2.32. The van der Waals surface area contributed by atoms with Crippen molar-refractivity contribution in [3.63, 3.8) is 0 Å². The van der Waals surface area contributed by atoms with Crippen LogP contribution in [0.5, 0.6) is 0 Å². The lowest BCUT2D eigenvalue weighted by atomic mass is 9.93. The van der Waals surface area contributed by atoms with E-state index in [1.807, 2.05) is 30.3 Å². The highest BCUT2D eigenvalue weighted by atomic mass is 16.1. The Hall–Kier alpha value is -2.01. The Labute approximate surface area is 99.2 Å². The molecule has 2 N–H and O–H groups in total. The maximum Gasteiger partial charge on any atom is 0.191 e. The first-order valence-corrected chi connectivity index (χ1v) is 5.38. The Bertz CT molecular complexity index is 506. The number of aryl methyl sites for hydroxylation is 1. The summed E-state index contributed by atoms with van der Waals surface area (Å²) < 4.78 is 1.47. The first kappa shape index (κ1) is 11.5. The molecule has 0 spiro atoms. The highest BCUT2D eigenvalue weighted by Gasteiger charge is 2.23. The lowest BCUT2D eigenvalue weighted by Gasteiger charge is -2.13. The fraction of sp³-hybridized carbons (Fsp3) is 0.250. The monoisotopic (exact) mass is 230 g/mol. The smallest absolute Gasteiger partial charge is 0.191 e. The number of carbonyl (C=O) groups is 1. The highest BCUT2D eigenvalue weighted by molar-refractivity contribution is 5.99. The largest absolute Gasteiger partial charge is 0.329 e. The quantitative estimate of drug-likeness (QED) is 0.786. The minimum atomic E-state index is -0.339. The van der Waals surface area contributed by atoms with Gasteiger partial charge in [0.25, 0.3) is 0 Å². The molecule has 2 aromatic rings. The van der Waals surface area contributed by atoms with Gasteiger partial charge < -0.3 is 5.73 Å². The summed E-state index contributed by atoms with van der Waals surface area (Å²) in [6.45, 7) is 0.272. The molecule has 0 amide bonds. The topological polar surface area (TPSA) is 73.8 Å². The van der Waals surface area contributed by atoms with Crippen LogP contribution < -0.4 is 5.73 Å². The predicted octanol–water partition coefficient (Wildman–Crippen LogP) is 0.740. The lowest BCUT2D eigenvalue weighted by Crippen LogP contribution is -2.23. The molecular weight excluding hydrogens is 216 g/mol. The van der Waals surface area contributed by atoms with E-state index in [4.69, 9.17) is 5.73 Å². The van der Waals surface area contributed by atoms with Crippen LogP contribution in [-0.2, 0) is 7.05 Å². The Morgan fingerprint density at radius 3 is 2.65 bits per heavy atom. The Morgan fingerprint density at radius 1 is 1.41 bits per heavy atom. The SMILES string of the molecule is Cn1nncc1C(=O)C(CN)c1ccccc1. The maximum absolute atomic E-state index is 12.3. The number of carbonyl (C=O) groups excluding carboxylic acids is 1. The Kier molecular flexibility index (Phi) is 3.30. The first-order chi connectivity index (χ1) is 8.24. The number of Topliss-reactive ketones (excluding diaryl/α,β-unsaturated/α-hetero) is 1. The van der Waals surface area contributed by atoms with Gasteiger partial charge in [0.1, 0.15) is 5.69 Å². The number of nitrogens with two attached hydrogens (primary N) is 1. The van der Waals surface area contributed by atoms with Crippen molar-refractivity contribution in [1.29, 1.82) is 0 Å². The second-order valence-corrected chi connectivity index (χ2v) is 3.81. The van der Waals surface area contributed by atoms with E-state index in [1.165, 1.54) is 10.9 Å². The standard InChI is InChI=1S/C12H14N4O/c1-16-11(8-14-15-16)12(17)10(7-13)9-5-3-2-4-6-9/h2-6,8,10H,7,13H2,1H3. The van der Waals surface area contributed by atoms with Gasteiger partial charge in [0.05, 0.1) is 12.1 Å². The lowest BCUT2D eigenvalue weighted by molar-refractivity contribution is 0.0953. The summed E-state index contributed by atoms with van der Waals surface area (Å²) in [5.41, 5.74) is 7.08. The average Bonchev–Trinajstić information content (AvgIpc) is 2.77. The molecule has 0 bridgehead atoms. The Morgan fingerprint density at radius 2 is 2.12 bits per heavy atom. The van der Waals surface area contributed by atoms with Gasteiger partial charge in [-0.2, -0.15) is 0 Å². The fourth-order valence-corrected chi connectivity index (χ4v) is 1.77. The van der Waals surface area contributed by atoms with Crippen molar-refractivity contribution in [2.24, 2.45) is 12.8 Å². The maximum atomic E-state index is 12.3. The van der Waals surface area contributed by atoms with Gasteiger partial charge in [-0.15, -0.1) is 5.10 Å². The first-order valence-electron chi connectivity index (χ1n) is 5.38. The van der Waals surface area contributed by atoms with Crippen molar-refractivity contribution < 1.29 is 4.79 Å². The average molecular weight is 230 g/mol. The molecule has 17 heavy (non-hydrogen) atoms. The van der Waals surface area contributed by atoms with Crippen LogP contribution >= 0.6 is 0 Å². The minimum absolute atomic E-state index is 0.0498. The van der Waals surface area contributed by atoms with Gasteiger partial charge in [-0.3, -0.25) is 4.79 Å². The molecule has 1 atom stereocenters. The number of aromatic nitrogens is 3. The third kappa shape index (κ3) is 2.24. The van der Waals surface area contributed by atoms with Crippen LogP contribution in [0, 0.1) is 0 Å². The van der Waals surface area contributed by atoms with Crippen molar-refractivity contribution in [2.45, 2.75) is 5.92 Å². The fourth-order valence-electron chi connectivity index (χ4n) is 1.77. The van der Waals surface area contributed by atoms with Gasteiger partial charge in [-0.05, 0) is 5.56 Å². The van der Waals surface area contributed by atoms with Crippen molar-refractivity contribution >= 4 is 5.78 Å². The van der Waals surface area contributed by atoms with E-state index >= 15 is 0 Å². The van der Waals surface area contributed by atoms with E-state index in [9.17, 15) is 4.79 Å². The summed E-state index contributed by atoms with van der Waals surface area (Å²) >= 11 is 0. The van der Waals surface area contributed by atoms with Crippen LogP contribution in [0.3, 0.4) is 0 Å². The number of nitrogens with zero attached hydrogens (tertiary/aromatic N) is 3. The molecule has 2 rings (SSSR count). The molecule has 5 heteroatoms. The van der Waals surface area contributed by atoms with Crippen LogP contribution in [0.15, 0.2) is 36.5 Å². The second kappa shape index (κ2) is 4.88. The number of hydrogen-bond acceptors (Lipinski definition) is 4. The number of ketones is 1. The van der Waals surface area contributed by atoms with E-state index in [0.29, 0.717) is 5.69 Å². The second-order valence-electron chi connectivity index (χ2n) is 3.81. The number of rotatable bonds is 4. The normalized spacial score (nSPS) is 12.4. The summed E-state index contributed by atoms with van der Waals surface area (Å²) in [5, 5.41) is 7.46. The molecule has 5 nitrogen and oxygen atoms in total. The summed E-state index contributed by atoms with van der Waals surface area (Å²) in [4.78, 5) is 12.3. The molecule has 1 unspecified atom stereocenters. The molecule has 1 aromatic heterocycles. The van der Waals surface area contributed by atoms with Crippen molar-refractivity contribution in [3.05, 3.63) is 47.8 Å². The van der Waals surface area contributed by atoms with Crippen LogP contribution in [0.2, 0.25) is 0 Å². The van der Waals surface area contributed by atoms with E-state index < -0.39 is 0 Å². The predicted molar refractivity (Wildman–Crippen MR) is 63.6 cm³/mol. The molecule has 1 aromatic carbocycles. The van der Waals surface area contributed by atoms with E-state index in [2.05, 4.69) is 10.3 Å². The summed E-state index contributed by atoms with van der Waals surface area (Å²) in [5.74, 6) is -0.389. The molecule has 0 saturated heterocycles. The summed E-state index contributed by atoms with van der Waals surface area (Å²) in [6.07, 6.45) is 1.47. The van der Waals surface area contributed by atoms with Crippen LogP contribution in [0.1, 0.15) is 22.0 Å². The highest BCUT2D eigenvalue weighted by Crippen LogP contribution is 2.18. The third-order valence-corrected chi connectivity index (χ3v) is 2.72. The van der Waals surface area contributed by atoms with Gasteiger partial charge in [0, 0.05) is 13.6 Å². The zero-order valence-corrected chi connectivity index (χ0v) is 9.58. The van der Waals surface area contributed by atoms with Gasteiger partial charge in [-0.1, -0.05) is 35.5 Å². The molecule has 0 saturated carbocycles. The van der Waals surface area contributed by atoms with Crippen molar-refractivity contribution in [2.75, 3.05) is 6.54 Å². The molecule has 0 aliphatic carbocycles. The van der Waals surface area contributed by atoms with Crippen LogP contribution in [0.4, 0.5) is 0 Å². The molecule has 1 heterocycles. The number of benzene rings is 1. The van der Waals surface area contributed by atoms with Gasteiger partial charge >= 0.3 is 0 Å². The summed E-state index contributed by atoms with van der Waals surface area (Å²) in [6, 6.07) is 9.51. The van der Waals surface area contributed by atoms with Gasteiger partial charge in [0.2, 0.25) is 0 Å². The van der Waals surface area contributed by atoms with Gasteiger partial charge in [0.15, 0.2) is 5.78 Å². The molecule has 0 radical (unpaired) electrons.